The Labute approximate surface area is 128 Å². The van der Waals surface area contributed by atoms with E-state index in [1.807, 2.05) is 28.8 Å². The second kappa shape index (κ2) is 5.15. The van der Waals surface area contributed by atoms with E-state index in [2.05, 4.69) is 36.2 Å². The van der Waals surface area contributed by atoms with Gasteiger partial charge in [-0.05, 0) is 30.7 Å². The van der Waals surface area contributed by atoms with Crippen molar-refractivity contribution in [1.29, 1.82) is 0 Å². The number of fused-ring (bicyclic) bond motifs is 1. The van der Waals surface area contributed by atoms with Crippen LogP contribution in [-0.2, 0) is 6.42 Å². The van der Waals surface area contributed by atoms with E-state index in [0.29, 0.717) is 0 Å². The Kier molecular flexibility index (Phi) is 3.00. The lowest BCUT2D eigenvalue weighted by Crippen LogP contribution is -2.02. The molecule has 4 rings (SSSR count). The van der Waals surface area contributed by atoms with E-state index in [9.17, 15) is 0 Å². The summed E-state index contributed by atoms with van der Waals surface area (Å²) in [5.74, 6) is 1.66. The van der Waals surface area contributed by atoms with E-state index in [1.165, 1.54) is 11.1 Å². The summed E-state index contributed by atoms with van der Waals surface area (Å²) in [6, 6.07) is 16.2. The lowest BCUT2D eigenvalue weighted by atomic mass is 10.1. The lowest BCUT2D eigenvalue weighted by molar-refractivity contribution is 0.536. The summed E-state index contributed by atoms with van der Waals surface area (Å²) in [6.45, 7) is 2.09. The normalized spacial score (nSPS) is 11.1. The van der Waals surface area contributed by atoms with Crippen molar-refractivity contribution in [3.05, 3.63) is 77.9 Å². The highest BCUT2D eigenvalue weighted by Crippen LogP contribution is 2.22. The first-order valence-corrected chi connectivity index (χ1v) is 7.23. The first-order chi connectivity index (χ1) is 10.8. The molecule has 0 atom stereocenters. The van der Waals surface area contributed by atoms with E-state index >= 15 is 0 Å². The minimum Gasteiger partial charge on any atom is -0.448 e. The Morgan fingerprint density at radius 2 is 1.91 bits per heavy atom. The average Bonchev–Trinajstić information content (AvgIpc) is 3.16. The summed E-state index contributed by atoms with van der Waals surface area (Å²) >= 11 is 0. The molecule has 22 heavy (non-hydrogen) atoms. The Hall–Kier alpha value is -2.88. The molecule has 0 spiro atoms. The van der Waals surface area contributed by atoms with Crippen LogP contribution in [0.2, 0.25) is 0 Å². The van der Waals surface area contributed by atoms with Gasteiger partial charge in [0.05, 0.1) is 6.26 Å². The lowest BCUT2D eigenvalue weighted by Gasteiger charge is -2.05. The molecule has 1 aromatic carbocycles. The van der Waals surface area contributed by atoms with Gasteiger partial charge in [-0.1, -0.05) is 29.8 Å². The van der Waals surface area contributed by atoms with Crippen molar-refractivity contribution in [3.8, 4) is 5.88 Å². The van der Waals surface area contributed by atoms with E-state index in [-0.39, 0.29) is 0 Å². The number of hydrogen-bond donors (Lipinski definition) is 0. The number of furan rings is 1. The molecule has 0 aliphatic heterocycles. The van der Waals surface area contributed by atoms with Crippen LogP contribution in [0.3, 0.4) is 0 Å². The van der Waals surface area contributed by atoms with Gasteiger partial charge in [-0.2, -0.15) is 0 Å². The molecule has 4 aromatic rings. The number of benzene rings is 1. The summed E-state index contributed by atoms with van der Waals surface area (Å²) in [4.78, 5) is 9.18. The molecule has 0 saturated heterocycles. The third kappa shape index (κ3) is 2.19. The maximum atomic E-state index is 5.57. The average molecular weight is 289 g/mol. The molecule has 4 nitrogen and oxygen atoms in total. The van der Waals surface area contributed by atoms with Gasteiger partial charge in [0, 0.05) is 18.7 Å². The largest absolute Gasteiger partial charge is 0.448 e. The Balaban J connectivity index is 1.86. The summed E-state index contributed by atoms with van der Waals surface area (Å²) in [6.07, 6.45) is 4.18. The maximum Gasteiger partial charge on any atom is 0.206 e. The molecule has 0 fully saturated rings. The van der Waals surface area contributed by atoms with E-state index in [4.69, 9.17) is 9.40 Å². The van der Waals surface area contributed by atoms with E-state index in [1.54, 1.807) is 12.5 Å². The number of hydrogen-bond acceptors (Lipinski definition) is 3. The Morgan fingerprint density at radius 1 is 1.05 bits per heavy atom. The number of nitrogens with zero attached hydrogens (tertiary/aromatic N) is 3. The van der Waals surface area contributed by atoms with Gasteiger partial charge in [0.15, 0.2) is 5.65 Å². The van der Waals surface area contributed by atoms with Gasteiger partial charge in [-0.15, -0.1) is 0 Å². The molecule has 0 amide bonds. The zero-order chi connectivity index (χ0) is 14.9. The maximum absolute atomic E-state index is 5.57. The standard InChI is InChI=1S/C18H15N3O/c1-13-6-8-14(9-7-13)12-16-20-15-4-2-10-19-18(15)21(16)17-5-3-11-22-17/h2-11H,12H2,1H3. The molecule has 0 N–H and O–H groups in total. The molecule has 3 heterocycles. The van der Waals surface area contributed by atoms with E-state index in [0.717, 1.165) is 29.3 Å². The van der Waals surface area contributed by atoms with Crippen molar-refractivity contribution in [3.63, 3.8) is 0 Å². The number of aryl methyl sites for hydroxylation is 1. The van der Waals surface area contributed by atoms with Gasteiger partial charge in [-0.25, -0.2) is 14.5 Å². The molecule has 0 aliphatic carbocycles. The fourth-order valence-corrected chi connectivity index (χ4v) is 2.60. The predicted octanol–water partition coefficient (Wildman–Crippen LogP) is 3.91. The predicted molar refractivity (Wildman–Crippen MR) is 85.1 cm³/mol. The number of imidazole rings is 1. The Bertz CT molecular complexity index is 905. The molecule has 0 unspecified atom stereocenters. The third-order valence-corrected chi connectivity index (χ3v) is 3.69. The summed E-state index contributed by atoms with van der Waals surface area (Å²) in [5, 5.41) is 0. The minimum absolute atomic E-state index is 0.733. The molecular formula is C18H15N3O. The quantitative estimate of drug-likeness (QED) is 0.574. The third-order valence-electron chi connectivity index (χ3n) is 3.69. The van der Waals surface area contributed by atoms with Gasteiger partial charge >= 0.3 is 0 Å². The summed E-state index contributed by atoms with van der Waals surface area (Å²) < 4.78 is 7.55. The monoisotopic (exact) mass is 289 g/mol. The molecule has 108 valence electrons. The van der Waals surface area contributed by atoms with Crippen LogP contribution in [0.4, 0.5) is 0 Å². The van der Waals surface area contributed by atoms with Gasteiger partial charge in [0.2, 0.25) is 5.88 Å². The van der Waals surface area contributed by atoms with Crippen LogP contribution in [-0.4, -0.2) is 14.5 Å². The van der Waals surface area contributed by atoms with Crippen LogP contribution in [0.5, 0.6) is 0 Å². The van der Waals surface area contributed by atoms with Crippen LogP contribution in [0.25, 0.3) is 17.0 Å². The van der Waals surface area contributed by atoms with Crippen LogP contribution >= 0.6 is 0 Å². The van der Waals surface area contributed by atoms with Crippen LogP contribution in [0, 0.1) is 6.92 Å². The number of pyridine rings is 1. The van der Waals surface area contributed by atoms with Gasteiger partial charge < -0.3 is 4.42 Å². The minimum atomic E-state index is 0.733. The van der Waals surface area contributed by atoms with Crippen molar-refractivity contribution in [1.82, 2.24) is 14.5 Å². The molecule has 0 saturated carbocycles. The fourth-order valence-electron chi connectivity index (χ4n) is 2.60. The molecule has 3 aromatic heterocycles. The van der Waals surface area contributed by atoms with Crippen molar-refractivity contribution < 1.29 is 4.42 Å². The summed E-state index contributed by atoms with van der Waals surface area (Å²) in [7, 11) is 0. The first kappa shape index (κ1) is 12.8. The highest BCUT2D eigenvalue weighted by atomic mass is 16.3. The second-order valence-corrected chi connectivity index (χ2v) is 5.32. The molecule has 0 aliphatic rings. The highest BCUT2D eigenvalue weighted by molar-refractivity contribution is 5.73. The molecule has 4 heteroatoms. The van der Waals surface area contributed by atoms with Crippen molar-refractivity contribution >= 4 is 11.2 Å². The zero-order valence-electron chi connectivity index (χ0n) is 12.2. The van der Waals surface area contributed by atoms with Crippen LogP contribution in [0.15, 0.2) is 65.4 Å². The topological polar surface area (TPSA) is 43.9 Å². The molecule has 0 bridgehead atoms. The molecular weight excluding hydrogens is 274 g/mol. The highest BCUT2D eigenvalue weighted by Gasteiger charge is 2.15. The zero-order valence-corrected chi connectivity index (χ0v) is 12.2. The Morgan fingerprint density at radius 3 is 2.68 bits per heavy atom. The van der Waals surface area contributed by atoms with Crippen LogP contribution < -0.4 is 0 Å². The van der Waals surface area contributed by atoms with Gasteiger partial charge in [0.25, 0.3) is 0 Å². The van der Waals surface area contributed by atoms with Crippen LogP contribution in [0.1, 0.15) is 17.0 Å². The smallest absolute Gasteiger partial charge is 0.206 e. The number of aromatic nitrogens is 3. The van der Waals surface area contributed by atoms with Crippen molar-refractivity contribution in [2.75, 3.05) is 0 Å². The SMILES string of the molecule is Cc1ccc(Cc2nc3cccnc3n2-c2ccco2)cc1. The number of rotatable bonds is 3. The fraction of sp³-hybridized carbons (Fsp3) is 0.111. The summed E-state index contributed by atoms with van der Waals surface area (Å²) in [5.41, 5.74) is 4.17. The van der Waals surface area contributed by atoms with E-state index < -0.39 is 0 Å². The molecule has 0 radical (unpaired) electrons. The van der Waals surface area contributed by atoms with Gasteiger partial charge in [-0.3, -0.25) is 0 Å². The van der Waals surface area contributed by atoms with Crippen molar-refractivity contribution in [2.45, 2.75) is 13.3 Å². The van der Waals surface area contributed by atoms with Gasteiger partial charge in [0.1, 0.15) is 11.3 Å². The van der Waals surface area contributed by atoms with Crippen molar-refractivity contribution in [2.24, 2.45) is 0 Å². The first-order valence-electron chi connectivity index (χ1n) is 7.23. The second-order valence-electron chi connectivity index (χ2n) is 5.32.